The van der Waals surface area contributed by atoms with E-state index in [2.05, 4.69) is 23.9 Å². The smallest absolute Gasteiger partial charge is 0.241 e. The van der Waals surface area contributed by atoms with Gasteiger partial charge in [-0.15, -0.1) is 0 Å². The summed E-state index contributed by atoms with van der Waals surface area (Å²) in [6, 6.07) is 3.78. The van der Waals surface area contributed by atoms with Crippen molar-refractivity contribution in [1.82, 2.24) is 4.72 Å². The third-order valence-electron chi connectivity index (χ3n) is 3.83. The molecule has 0 radical (unpaired) electrons. The lowest BCUT2D eigenvalue weighted by molar-refractivity contribution is 0.478. The Balaban J connectivity index is 3.03. The summed E-state index contributed by atoms with van der Waals surface area (Å²) < 4.78 is 27.9. The third kappa shape index (κ3) is 4.71. The Bertz CT molecular complexity index is 541. The Morgan fingerprint density at radius 3 is 2.00 bits per heavy atom. The molecular formula is C16H28N2O2S. The van der Waals surface area contributed by atoms with Gasteiger partial charge in [0.25, 0.3) is 0 Å². The molecule has 120 valence electrons. The zero-order chi connectivity index (χ0) is 16.0. The van der Waals surface area contributed by atoms with Crippen LogP contribution in [0.2, 0.25) is 0 Å². The van der Waals surface area contributed by atoms with Crippen molar-refractivity contribution in [2.75, 3.05) is 18.4 Å². The van der Waals surface area contributed by atoms with Crippen molar-refractivity contribution in [3.8, 4) is 0 Å². The van der Waals surface area contributed by atoms with Crippen molar-refractivity contribution in [3.63, 3.8) is 0 Å². The van der Waals surface area contributed by atoms with Crippen molar-refractivity contribution in [1.29, 1.82) is 0 Å². The number of rotatable bonds is 8. The van der Waals surface area contributed by atoms with Crippen LogP contribution in [-0.2, 0) is 10.0 Å². The molecule has 2 N–H and O–H groups in total. The Labute approximate surface area is 129 Å². The molecule has 0 unspecified atom stereocenters. The summed E-state index contributed by atoms with van der Waals surface area (Å²) in [6.07, 6.45) is 1.96. The fraction of sp³-hybridized carbons (Fsp3) is 0.625. The maximum Gasteiger partial charge on any atom is 0.241 e. The van der Waals surface area contributed by atoms with Crippen molar-refractivity contribution >= 4 is 15.7 Å². The van der Waals surface area contributed by atoms with Crippen LogP contribution in [0.25, 0.3) is 0 Å². The second kappa shape index (κ2) is 7.80. The van der Waals surface area contributed by atoms with Gasteiger partial charge in [-0.1, -0.05) is 26.7 Å². The van der Waals surface area contributed by atoms with Crippen LogP contribution in [-0.4, -0.2) is 21.5 Å². The summed E-state index contributed by atoms with van der Waals surface area (Å²) in [7, 11) is -3.45. The molecule has 0 aliphatic carbocycles. The van der Waals surface area contributed by atoms with Gasteiger partial charge >= 0.3 is 0 Å². The first-order chi connectivity index (χ1) is 9.85. The molecule has 1 aromatic carbocycles. The predicted molar refractivity (Wildman–Crippen MR) is 89.3 cm³/mol. The van der Waals surface area contributed by atoms with Gasteiger partial charge in [-0.2, -0.15) is 0 Å². The molecule has 0 aliphatic heterocycles. The number of sulfonamides is 1. The molecule has 1 rings (SSSR count). The molecule has 0 heterocycles. The largest absolute Gasteiger partial charge is 0.385 e. The monoisotopic (exact) mass is 312 g/mol. The van der Waals surface area contributed by atoms with Crippen LogP contribution >= 0.6 is 0 Å². The van der Waals surface area contributed by atoms with E-state index >= 15 is 0 Å². The lowest BCUT2D eigenvalue weighted by Gasteiger charge is -2.17. The normalized spacial score (nSPS) is 11.9. The number of nitrogens with one attached hydrogen (secondary N) is 2. The van der Waals surface area contributed by atoms with Crippen LogP contribution in [0.5, 0.6) is 0 Å². The lowest BCUT2D eigenvalue weighted by Crippen LogP contribution is -2.30. The van der Waals surface area contributed by atoms with Crippen LogP contribution in [0.3, 0.4) is 0 Å². The quantitative estimate of drug-likeness (QED) is 0.773. The average molecular weight is 312 g/mol. The maximum absolute atomic E-state index is 12.5. The van der Waals surface area contributed by atoms with E-state index in [9.17, 15) is 8.42 Å². The van der Waals surface area contributed by atoms with Crippen LogP contribution in [0.15, 0.2) is 17.0 Å². The van der Waals surface area contributed by atoms with Crippen LogP contribution < -0.4 is 10.0 Å². The predicted octanol–water partition coefficient (Wildman–Crippen LogP) is 3.45. The second-order valence-electron chi connectivity index (χ2n) is 5.50. The first-order valence-electron chi connectivity index (χ1n) is 7.70. The molecule has 0 atom stereocenters. The SMILES string of the molecule is CCNc1cc(C)c(S(=O)(=O)NCC(CC)CC)c(C)c1. The summed E-state index contributed by atoms with van der Waals surface area (Å²) >= 11 is 0. The Morgan fingerprint density at radius 1 is 1.05 bits per heavy atom. The molecule has 0 bridgehead atoms. The van der Waals surface area contributed by atoms with Gasteiger partial charge in [0.1, 0.15) is 0 Å². The lowest BCUT2D eigenvalue weighted by atomic mass is 10.0. The Hall–Kier alpha value is -1.07. The number of anilines is 1. The van der Waals surface area contributed by atoms with E-state index in [-0.39, 0.29) is 0 Å². The van der Waals surface area contributed by atoms with Gasteiger partial charge in [-0.05, 0) is 49.9 Å². The summed E-state index contributed by atoms with van der Waals surface area (Å²) in [5.74, 6) is 0.390. The minimum atomic E-state index is -3.45. The van der Waals surface area contributed by atoms with E-state index < -0.39 is 10.0 Å². The van der Waals surface area contributed by atoms with Crippen LogP contribution in [0.4, 0.5) is 5.69 Å². The van der Waals surface area contributed by atoms with Gasteiger partial charge in [-0.25, -0.2) is 13.1 Å². The molecule has 21 heavy (non-hydrogen) atoms. The Kier molecular flexibility index (Phi) is 6.68. The molecule has 0 saturated heterocycles. The van der Waals surface area contributed by atoms with Gasteiger partial charge in [0, 0.05) is 18.8 Å². The standard InChI is InChI=1S/C16H28N2O2S/c1-6-14(7-2)11-18-21(19,20)16-12(4)9-15(17-8-3)10-13(16)5/h9-10,14,17-18H,6-8,11H2,1-5H3. The third-order valence-corrected chi connectivity index (χ3v) is 5.55. The second-order valence-corrected chi connectivity index (χ2v) is 7.21. The van der Waals surface area contributed by atoms with Crippen LogP contribution in [0, 0.1) is 19.8 Å². The maximum atomic E-state index is 12.5. The van der Waals surface area contributed by atoms with Gasteiger partial charge in [0.2, 0.25) is 10.0 Å². The first kappa shape index (κ1) is 18.0. The summed E-state index contributed by atoms with van der Waals surface area (Å²) in [5, 5.41) is 3.22. The molecule has 0 spiro atoms. The first-order valence-corrected chi connectivity index (χ1v) is 9.18. The minimum Gasteiger partial charge on any atom is -0.385 e. The van der Waals surface area contributed by atoms with Crippen LogP contribution in [0.1, 0.15) is 44.7 Å². The van der Waals surface area contributed by atoms with E-state index in [0.29, 0.717) is 17.4 Å². The molecule has 0 aliphatic rings. The van der Waals surface area contributed by atoms with Crippen molar-refractivity contribution in [2.45, 2.75) is 52.4 Å². The minimum absolute atomic E-state index is 0.390. The van der Waals surface area contributed by atoms with E-state index in [4.69, 9.17) is 0 Å². The van der Waals surface area contributed by atoms with Gasteiger partial charge in [0.15, 0.2) is 0 Å². The fourth-order valence-electron chi connectivity index (χ4n) is 2.56. The van der Waals surface area contributed by atoms with Crippen molar-refractivity contribution < 1.29 is 8.42 Å². The van der Waals surface area contributed by atoms with Gasteiger partial charge in [0.05, 0.1) is 4.90 Å². The number of hydrogen-bond donors (Lipinski definition) is 2. The fourth-order valence-corrected chi connectivity index (χ4v) is 4.12. The number of hydrogen-bond acceptors (Lipinski definition) is 3. The Morgan fingerprint density at radius 2 is 1.57 bits per heavy atom. The molecule has 1 aromatic rings. The van der Waals surface area contributed by atoms with E-state index in [1.54, 1.807) is 0 Å². The van der Waals surface area contributed by atoms with Crippen molar-refractivity contribution in [3.05, 3.63) is 23.3 Å². The van der Waals surface area contributed by atoms with E-state index in [0.717, 1.165) is 36.2 Å². The van der Waals surface area contributed by atoms with E-state index in [1.807, 2.05) is 32.9 Å². The zero-order valence-corrected chi connectivity index (χ0v) is 14.6. The average Bonchev–Trinajstić information content (AvgIpc) is 2.39. The summed E-state index contributed by atoms with van der Waals surface area (Å²) in [4.78, 5) is 0.412. The number of benzene rings is 1. The highest BCUT2D eigenvalue weighted by Gasteiger charge is 2.20. The highest BCUT2D eigenvalue weighted by molar-refractivity contribution is 7.89. The van der Waals surface area contributed by atoms with Gasteiger partial charge < -0.3 is 5.32 Å². The summed E-state index contributed by atoms with van der Waals surface area (Å²) in [5.41, 5.74) is 2.53. The number of aryl methyl sites for hydroxylation is 2. The van der Waals surface area contributed by atoms with E-state index in [1.165, 1.54) is 0 Å². The topological polar surface area (TPSA) is 58.2 Å². The molecular weight excluding hydrogens is 284 g/mol. The molecule has 4 nitrogen and oxygen atoms in total. The highest BCUT2D eigenvalue weighted by Crippen LogP contribution is 2.24. The highest BCUT2D eigenvalue weighted by atomic mass is 32.2. The zero-order valence-electron chi connectivity index (χ0n) is 13.8. The molecule has 5 heteroatoms. The molecule has 0 amide bonds. The molecule has 0 saturated carbocycles. The molecule has 0 fully saturated rings. The summed E-state index contributed by atoms with van der Waals surface area (Å²) in [6.45, 7) is 11.2. The van der Waals surface area contributed by atoms with Gasteiger partial charge in [-0.3, -0.25) is 0 Å². The van der Waals surface area contributed by atoms with Crippen molar-refractivity contribution in [2.24, 2.45) is 5.92 Å². The molecule has 0 aromatic heterocycles.